The molecule has 0 atom stereocenters. The van der Waals surface area contributed by atoms with E-state index in [1.807, 2.05) is 42.5 Å². The summed E-state index contributed by atoms with van der Waals surface area (Å²) in [7, 11) is 0. The van der Waals surface area contributed by atoms with Gasteiger partial charge in [0.05, 0.1) is 0 Å². The second-order valence-electron chi connectivity index (χ2n) is 5.11. The lowest BCUT2D eigenvalue weighted by molar-refractivity contribution is 0.300. The number of nitrogens with one attached hydrogen (secondary N) is 1. The average molecular weight is 302 g/mol. The van der Waals surface area contributed by atoms with E-state index in [0.29, 0.717) is 18.3 Å². The minimum Gasteiger partial charge on any atom is -0.485 e. The number of pyridine rings is 1. The van der Waals surface area contributed by atoms with Crippen LogP contribution in [-0.4, -0.2) is 20.2 Å². The number of nitrogens with zero attached hydrogens (tertiary/aromatic N) is 3. The van der Waals surface area contributed by atoms with Gasteiger partial charge in [-0.05, 0) is 23.6 Å². The summed E-state index contributed by atoms with van der Waals surface area (Å²) in [6, 6.07) is 17.9. The van der Waals surface area contributed by atoms with Gasteiger partial charge in [0, 0.05) is 23.3 Å². The van der Waals surface area contributed by atoms with Gasteiger partial charge in [0.25, 0.3) is 0 Å². The van der Waals surface area contributed by atoms with Gasteiger partial charge in [-0.2, -0.15) is 5.10 Å². The first-order valence-corrected chi connectivity index (χ1v) is 7.32. The molecule has 0 bridgehead atoms. The average Bonchev–Trinajstić information content (AvgIpc) is 3.10. The van der Waals surface area contributed by atoms with Gasteiger partial charge in [0.15, 0.2) is 11.6 Å². The zero-order valence-electron chi connectivity index (χ0n) is 12.3. The summed E-state index contributed by atoms with van der Waals surface area (Å²) in [6.45, 7) is 0.339. The molecule has 23 heavy (non-hydrogen) atoms. The molecular formula is C18H14N4O. The van der Waals surface area contributed by atoms with Crippen LogP contribution in [0.25, 0.3) is 22.2 Å². The minimum atomic E-state index is 0.339. The zero-order chi connectivity index (χ0) is 15.5. The molecule has 0 unspecified atom stereocenters. The fraction of sp³-hybridized carbons (Fsp3) is 0.0556. The maximum atomic E-state index is 5.91. The number of ether oxygens (including phenoxy) is 1. The molecule has 112 valence electrons. The molecule has 4 rings (SSSR count). The minimum absolute atomic E-state index is 0.339. The Balaban J connectivity index is 1.54. The predicted octanol–water partition coefficient (Wildman–Crippen LogP) is 3.60. The van der Waals surface area contributed by atoms with E-state index in [4.69, 9.17) is 4.74 Å². The summed E-state index contributed by atoms with van der Waals surface area (Å²) in [5.74, 6) is 2.17. The lowest BCUT2D eigenvalue weighted by Gasteiger charge is -2.07. The van der Waals surface area contributed by atoms with Crippen molar-refractivity contribution < 1.29 is 4.74 Å². The first kappa shape index (κ1) is 13.5. The maximum absolute atomic E-state index is 5.91. The van der Waals surface area contributed by atoms with E-state index in [-0.39, 0.29) is 0 Å². The van der Waals surface area contributed by atoms with Gasteiger partial charge < -0.3 is 4.74 Å². The molecule has 0 fully saturated rings. The summed E-state index contributed by atoms with van der Waals surface area (Å²) >= 11 is 0. The molecule has 0 saturated carbocycles. The van der Waals surface area contributed by atoms with Crippen molar-refractivity contribution in [3.8, 4) is 17.1 Å². The number of hydrogen-bond acceptors (Lipinski definition) is 4. The highest BCUT2D eigenvalue weighted by Gasteiger charge is 2.07. The Kier molecular flexibility index (Phi) is 3.44. The van der Waals surface area contributed by atoms with Crippen LogP contribution in [0.15, 0.2) is 67.0 Å². The second kappa shape index (κ2) is 5.88. The molecule has 1 N–H and O–H groups in total. The van der Waals surface area contributed by atoms with Crippen molar-refractivity contribution in [2.24, 2.45) is 0 Å². The van der Waals surface area contributed by atoms with Crippen molar-refractivity contribution in [3.05, 3.63) is 72.8 Å². The molecule has 5 heteroatoms. The van der Waals surface area contributed by atoms with Crippen molar-refractivity contribution in [2.45, 2.75) is 6.61 Å². The summed E-state index contributed by atoms with van der Waals surface area (Å²) in [6.07, 6.45) is 3.44. The molecule has 2 heterocycles. The molecule has 5 nitrogen and oxygen atoms in total. The third-order valence-corrected chi connectivity index (χ3v) is 3.58. The van der Waals surface area contributed by atoms with Crippen LogP contribution < -0.4 is 4.74 Å². The summed E-state index contributed by atoms with van der Waals surface area (Å²) in [4.78, 5) is 8.45. The Morgan fingerprint density at radius 3 is 2.65 bits per heavy atom. The molecule has 0 radical (unpaired) electrons. The monoisotopic (exact) mass is 302 g/mol. The molecule has 4 aromatic rings. The van der Waals surface area contributed by atoms with E-state index in [1.54, 1.807) is 12.4 Å². The number of aromatic amines is 1. The van der Waals surface area contributed by atoms with E-state index in [0.717, 1.165) is 22.1 Å². The summed E-state index contributed by atoms with van der Waals surface area (Å²) in [5, 5.41) is 9.37. The van der Waals surface area contributed by atoms with Crippen LogP contribution in [0.1, 0.15) is 5.82 Å². The second-order valence-corrected chi connectivity index (χ2v) is 5.11. The van der Waals surface area contributed by atoms with Crippen LogP contribution in [0.4, 0.5) is 0 Å². The van der Waals surface area contributed by atoms with E-state index in [2.05, 4.69) is 32.3 Å². The van der Waals surface area contributed by atoms with Crippen LogP contribution in [-0.2, 0) is 6.61 Å². The smallest absolute Gasteiger partial charge is 0.181 e. The Morgan fingerprint density at radius 1 is 0.913 bits per heavy atom. The van der Waals surface area contributed by atoms with Crippen LogP contribution in [0, 0.1) is 0 Å². The van der Waals surface area contributed by atoms with Crippen molar-refractivity contribution in [1.29, 1.82) is 0 Å². The lowest BCUT2D eigenvalue weighted by Crippen LogP contribution is -1.98. The lowest BCUT2D eigenvalue weighted by atomic mass is 10.1. The number of H-pyrrole nitrogens is 1. The Labute approximate surface area is 133 Å². The highest BCUT2D eigenvalue weighted by atomic mass is 16.5. The Hall–Kier alpha value is -3.21. The molecule has 2 aromatic heterocycles. The highest BCUT2D eigenvalue weighted by Crippen LogP contribution is 2.25. The standard InChI is InChI=1S/C18H14N4O/c1-2-6-15-13(4-1)5-3-7-16(15)23-12-17-20-18(22-21-17)14-8-10-19-11-9-14/h1-11H,12H2,(H,20,21,22). The zero-order valence-corrected chi connectivity index (χ0v) is 12.3. The van der Waals surface area contributed by atoms with Gasteiger partial charge in [0.2, 0.25) is 0 Å². The van der Waals surface area contributed by atoms with E-state index < -0.39 is 0 Å². The van der Waals surface area contributed by atoms with Gasteiger partial charge in [-0.1, -0.05) is 36.4 Å². The molecular weight excluding hydrogens is 288 g/mol. The first-order chi connectivity index (χ1) is 11.4. The molecule has 2 aromatic carbocycles. The number of rotatable bonds is 4. The van der Waals surface area contributed by atoms with Crippen molar-refractivity contribution in [3.63, 3.8) is 0 Å². The van der Waals surface area contributed by atoms with E-state index in [9.17, 15) is 0 Å². The van der Waals surface area contributed by atoms with Crippen molar-refractivity contribution >= 4 is 10.8 Å². The van der Waals surface area contributed by atoms with Gasteiger partial charge in [0.1, 0.15) is 12.4 Å². The van der Waals surface area contributed by atoms with Crippen LogP contribution >= 0.6 is 0 Å². The summed E-state index contributed by atoms with van der Waals surface area (Å²) in [5.41, 5.74) is 0.924. The van der Waals surface area contributed by atoms with Crippen molar-refractivity contribution in [2.75, 3.05) is 0 Å². The first-order valence-electron chi connectivity index (χ1n) is 7.32. The molecule has 0 aliphatic heterocycles. The quantitative estimate of drug-likeness (QED) is 0.625. The molecule has 0 aliphatic rings. The third kappa shape index (κ3) is 2.76. The van der Waals surface area contributed by atoms with Gasteiger partial charge in [-0.3, -0.25) is 10.1 Å². The van der Waals surface area contributed by atoms with E-state index in [1.165, 1.54) is 0 Å². The maximum Gasteiger partial charge on any atom is 0.181 e. The SMILES string of the molecule is c1ccc2c(OCc3nc(-c4ccncc4)n[nH]3)cccc2c1. The fourth-order valence-corrected chi connectivity index (χ4v) is 2.46. The van der Waals surface area contributed by atoms with E-state index >= 15 is 0 Å². The van der Waals surface area contributed by atoms with Crippen molar-refractivity contribution in [1.82, 2.24) is 20.2 Å². The summed E-state index contributed by atoms with van der Waals surface area (Å²) < 4.78 is 5.91. The molecule has 0 saturated heterocycles. The number of hydrogen-bond donors (Lipinski definition) is 1. The Morgan fingerprint density at radius 2 is 1.74 bits per heavy atom. The Bertz CT molecular complexity index is 929. The number of fused-ring (bicyclic) bond motifs is 1. The van der Waals surface area contributed by atoms with Gasteiger partial charge >= 0.3 is 0 Å². The largest absolute Gasteiger partial charge is 0.485 e. The fourth-order valence-electron chi connectivity index (χ4n) is 2.46. The molecule has 0 spiro atoms. The number of aromatic nitrogens is 4. The van der Waals surface area contributed by atoms with Crippen LogP contribution in [0.3, 0.4) is 0 Å². The molecule has 0 amide bonds. The predicted molar refractivity (Wildman–Crippen MR) is 87.9 cm³/mol. The van der Waals surface area contributed by atoms with Crippen LogP contribution in [0.5, 0.6) is 5.75 Å². The highest BCUT2D eigenvalue weighted by molar-refractivity contribution is 5.88. The van der Waals surface area contributed by atoms with Crippen LogP contribution in [0.2, 0.25) is 0 Å². The molecule has 0 aliphatic carbocycles. The topological polar surface area (TPSA) is 63.7 Å². The van der Waals surface area contributed by atoms with Gasteiger partial charge in [-0.15, -0.1) is 0 Å². The third-order valence-electron chi connectivity index (χ3n) is 3.58. The number of benzene rings is 2. The van der Waals surface area contributed by atoms with Gasteiger partial charge in [-0.25, -0.2) is 4.98 Å². The normalized spacial score (nSPS) is 10.8.